The van der Waals surface area contributed by atoms with Gasteiger partial charge in [-0.3, -0.25) is 0 Å². The van der Waals surface area contributed by atoms with E-state index in [0.29, 0.717) is 29.0 Å². The molecule has 0 spiro atoms. The summed E-state index contributed by atoms with van der Waals surface area (Å²) in [6.07, 6.45) is 1.13. The maximum absolute atomic E-state index is 11.5. The average molecular weight is 221 g/mol. The van der Waals surface area contributed by atoms with Gasteiger partial charge in [0.1, 0.15) is 5.69 Å². The van der Waals surface area contributed by atoms with Gasteiger partial charge in [-0.2, -0.15) is 4.73 Å². The van der Waals surface area contributed by atoms with Crippen molar-refractivity contribution in [3.8, 4) is 0 Å². The molecule has 13 heavy (non-hydrogen) atoms. The third kappa shape index (κ3) is 1.86. The van der Waals surface area contributed by atoms with E-state index in [1.165, 1.54) is 0 Å². The topological polar surface area (TPSA) is 39.8 Å². The predicted octanol–water partition coefficient (Wildman–Crippen LogP) is 2.15. The Balaban J connectivity index is 3.37. The van der Waals surface area contributed by atoms with Crippen LogP contribution in [0, 0.1) is 5.21 Å². The van der Waals surface area contributed by atoms with E-state index in [1.54, 1.807) is 0 Å². The quantitative estimate of drug-likeness (QED) is 0.567. The van der Waals surface area contributed by atoms with Crippen LogP contribution in [0.25, 0.3) is 0 Å². The van der Waals surface area contributed by atoms with Crippen LogP contribution in [0.3, 0.4) is 0 Å². The zero-order valence-corrected chi connectivity index (χ0v) is 8.98. The van der Waals surface area contributed by atoms with Gasteiger partial charge in [0.05, 0.1) is 0 Å². The molecule has 0 aliphatic heterocycles. The van der Waals surface area contributed by atoms with Gasteiger partial charge in [-0.05, 0) is 18.0 Å². The van der Waals surface area contributed by atoms with Crippen molar-refractivity contribution >= 4 is 23.2 Å². The van der Waals surface area contributed by atoms with Crippen LogP contribution in [0.2, 0.25) is 10.3 Å². The van der Waals surface area contributed by atoms with Crippen LogP contribution in [0.1, 0.15) is 25.2 Å². The molecule has 72 valence electrons. The number of hydrogen-bond acceptors (Lipinski definition) is 2. The third-order valence-corrected chi connectivity index (χ3v) is 2.48. The summed E-state index contributed by atoms with van der Waals surface area (Å²) in [5.74, 6) is 0. The lowest BCUT2D eigenvalue weighted by Crippen LogP contribution is -2.35. The van der Waals surface area contributed by atoms with E-state index >= 15 is 0 Å². The Morgan fingerprint density at radius 1 is 1.31 bits per heavy atom. The minimum atomic E-state index is 0.128. The van der Waals surface area contributed by atoms with E-state index in [-0.39, 0.29) is 10.3 Å². The molecule has 0 aliphatic carbocycles. The number of rotatable bonds is 2. The molecule has 0 unspecified atom stereocenters. The summed E-state index contributed by atoms with van der Waals surface area (Å²) >= 11 is 11.6. The molecule has 0 atom stereocenters. The Morgan fingerprint density at radius 3 is 2.38 bits per heavy atom. The summed E-state index contributed by atoms with van der Waals surface area (Å²) in [5.41, 5.74) is 0.961. The smallest absolute Gasteiger partial charge is 0.308 e. The van der Waals surface area contributed by atoms with Gasteiger partial charge < -0.3 is 5.21 Å². The maximum atomic E-state index is 11.5. The molecule has 5 heteroatoms. The molecule has 0 aromatic carbocycles. The second-order valence-electron chi connectivity index (χ2n) is 2.59. The lowest BCUT2D eigenvalue weighted by Gasteiger charge is -2.07. The number of halogens is 2. The van der Waals surface area contributed by atoms with Crippen molar-refractivity contribution in [3.05, 3.63) is 26.9 Å². The summed E-state index contributed by atoms with van der Waals surface area (Å²) in [5, 5.41) is 11.8. The molecule has 1 rings (SSSR count). The van der Waals surface area contributed by atoms with Crippen LogP contribution in [0.4, 0.5) is 0 Å². The Bertz CT molecular complexity index is 328. The molecular formula is C8H10Cl2N2O. The molecule has 3 nitrogen and oxygen atoms in total. The van der Waals surface area contributed by atoms with Crippen LogP contribution >= 0.6 is 23.2 Å². The van der Waals surface area contributed by atoms with Gasteiger partial charge in [-0.25, -0.2) is 4.98 Å². The lowest BCUT2D eigenvalue weighted by molar-refractivity contribution is -0.612. The summed E-state index contributed by atoms with van der Waals surface area (Å²) < 4.78 is 0.649. The molecule has 0 aliphatic rings. The highest BCUT2D eigenvalue weighted by Crippen LogP contribution is 2.16. The van der Waals surface area contributed by atoms with Gasteiger partial charge in [-0.1, -0.05) is 25.4 Å². The van der Waals surface area contributed by atoms with Crippen molar-refractivity contribution in [1.29, 1.82) is 0 Å². The molecule has 0 saturated heterocycles. The lowest BCUT2D eigenvalue weighted by atomic mass is 10.3. The Morgan fingerprint density at radius 2 is 1.92 bits per heavy atom. The number of nitrogens with zero attached hydrogens (tertiary/aromatic N) is 2. The number of aromatic nitrogens is 2. The van der Waals surface area contributed by atoms with E-state index < -0.39 is 0 Å². The van der Waals surface area contributed by atoms with E-state index in [1.807, 2.05) is 13.8 Å². The van der Waals surface area contributed by atoms with E-state index in [0.717, 1.165) is 0 Å². The fourth-order valence-electron chi connectivity index (χ4n) is 1.06. The zero-order chi connectivity index (χ0) is 10.0. The minimum absolute atomic E-state index is 0.128. The van der Waals surface area contributed by atoms with E-state index in [9.17, 15) is 5.21 Å². The first-order valence-electron chi connectivity index (χ1n) is 4.08. The van der Waals surface area contributed by atoms with Crippen LogP contribution in [0.15, 0.2) is 0 Å². The molecule has 1 heterocycles. The molecule has 1 aromatic heterocycles. The van der Waals surface area contributed by atoms with Crippen molar-refractivity contribution < 1.29 is 4.73 Å². The molecule has 0 saturated carbocycles. The first kappa shape index (κ1) is 10.5. The van der Waals surface area contributed by atoms with Crippen molar-refractivity contribution in [2.45, 2.75) is 26.7 Å². The summed E-state index contributed by atoms with van der Waals surface area (Å²) in [4.78, 5) is 4.04. The fraction of sp³-hybridized carbons (Fsp3) is 0.500. The van der Waals surface area contributed by atoms with Gasteiger partial charge in [0.15, 0.2) is 5.15 Å². The number of hydrogen-bond donors (Lipinski definition) is 0. The molecule has 0 fully saturated rings. The van der Waals surface area contributed by atoms with Crippen molar-refractivity contribution in [1.82, 2.24) is 4.98 Å². The normalized spacial score (nSPS) is 10.5. The Kier molecular flexibility index (Phi) is 3.33. The SMILES string of the molecule is CCc1nc(Cl)c(CC)[n+]([O-])c1Cl. The van der Waals surface area contributed by atoms with Crippen LogP contribution in [-0.2, 0) is 12.8 Å². The van der Waals surface area contributed by atoms with Gasteiger partial charge in [-0.15, -0.1) is 0 Å². The summed E-state index contributed by atoms with van der Waals surface area (Å²) in [6.45, 7) is 3.70. The van der Waals surface area contributed by atoms with Crippen LogP contribution < -0.4 is 4.73 Å². The Labute approximate surface area is 86.9 Å². The van der Waals surface area contributed by atoms with Crippen molar-refractivity contribution in [2.24, 2.45) is 0 Å². The van der Waals surface area contributed by atoms with Crippen LogP contribution in [0.5, 0.6) is 0 Å². The zero-order valence-electron chi connectivity index (χ0n) is 7.47. The molecular weight excluding hydrogens is 211 g/mol. The molecule has 0 N–H and O–H groups in total. The molecule has 1 aromatic rings. The largest absolute Gasteiger partial charge is 0.617 e. The standard InChI is InChI=1S/C8H10Cl2N2O/c1-3-5-8(10)12(13)6(4-2)7(9)11-5/h3-4H2,1-2H3. The summed E-state index contributed by atoms with van der Waals surface area (Å²) in [6, 6.07) is 0. The Hall–Kier alpha value is -0.540. The highest BCUT2D eigenvalue weighted by molar-refractivity contribution is 6.31. The van der Waals surface area contributed by atoms with Gasteiger partial charge in [0.2, 0.25) is 5.69 Å². The second-order valence-corrected chi connectivity index (χ2v) is 3.30. The first-order valence-corrected chi connectivity index (χ1v) is 4.83. The minimum Gasteiger partial charge on any atom is -0.617 e. The van der Waals surface area contributed by atoms with Gasteiger partial charge >= 0.3 is 5.15 Å². The number of aryl methyl sites for hydroxylation is 1. The van der Waals surface area contributed by atoms with E-state index in [4.69, 9.17) is 23.2 Å². The molecule has 0 radical (unpaired) electrons. The van der Waals surface area contributed by atoms with Crippen molar-refractivity contribution in [2.75, 3.05) is 0 Å². The highest BCUT2D eigenvalue weighted by atomic mass is 35.5. The third-order valence-electron chi connectivity index (χ3n) is 1.80. The highest BCUT2D eigenvalue weighted by Gasteiger charge is 2.18. The summed E-state index contributed by atoms with van der Waals surface area (Å²) in [7, 11) is 0. The second kappa shape index (κ2) is 4.11. The first-order chi connectivity index (χ1) is 6.11. The van der Waals surface area contributed by atoms with Gasteiger partial charge in [0.25, 0.3) is 0 Å². The fourth-order valence-corrected chi connectivity index (χ4v) is 1.65. The monoisotopic (exact) mass is 220 g/mol. The average Bonchev–Trinajstić information content (AvgIpc) is 2.12. The molecule has 0 amide bonds. The van der Waals surface area contributed by atoms with E-state index in [2.05, 4.69) is 4.98 Å². The maximum Gasteiger partial charge on any atom is 0.308 e. The van der Waals surface area contributed by atoms with Gasteiger partial charge in [0, 0.05) is 6.42 Å². The predicted molar refractivity (Wildman–Crippen MR) is 52.0 cm³/mol. The van der Waals surface area contributed by atoms with Crippen LogP contribution in [-0.4, -0.2) is 4.98 Å². The van der Waals surface area contributed by atoms with Crippen molar-refractivity contribution in [3.63, 3.8) is 0 Å². The molecule has 0 bridgehead atoms.